The van der Waals surface area contributed by atoms with Crippen LogP contribution in [0.5, 0.6) is 5.75 Å². The number of aliphatic hydroxyl groups excluding tert-OH is 1. The number of phenols is 1. The molecule has 0 spiro atoms. The monoisotopic (exact) mass is 533 g/mol. The summed E-state index contributed by atoms with van der Waals surface area (Å²) < 4.78 is 1.01. The Bertz CT molecular complexity index is 1560. The highest BCUT2D eigenvalue weighted by Crippen LogP contribution is 2.50. The molecule has 1 atom stereocenters. The van der Waals surface area contributed by atoms with E-state index in [0.29, 0.717) is 6.42 Å². The molecular formula is C32H24BrNO2. The van der Waals surface area contributed by atoms with E-state index in [0.717, 1.165) is 60.2 Å². The van der Waals surface area contributed by atoms with Crippen molar-refractivity contribution in [3.63, 3.8) is 0 Å². The molecule has 6 rings (SSSR count). The van der Waals surface area contributed by atoms with Crippen LogP contribution in [-0.2, 0) is 6.42 Å². The average Bonchev–Trinajstić information content (AvgIpc) is 2.93. The van der Waals surface area contributed by atoms with Crippen LogP contribution in [-0.4, -0.2) is 21.8 Å². The van der Waals surface area contributed by atoms with Crippen molar-refractivity contribution < 1.29 is 10.2 Å². The van der Waals surface area contributed by atoms with Crippen molar-refractivity contribution in [1.82, 2.24) is 4.98 Å². The van der Waals surface area contributed by atoms with Crippen LogP contribution in [0, 0.1) is 0 Å². The number of aromatic nitrogens is 1. The Morgan fingerprint density at radius 3 is 2.31 bits per heavy atom. The number of fused-ring (bicyclic) bond motifs is 3. The second-order valence-electron chi connectivity index (χ2n) is 9.14. The molecule has 176 valence electrons. The van der Waals surface area contributed by atoms with Crippen LogP contribution in [0.2, 0.25) is 0 Å². The highest BCUT2D eigenvalue weighted by Gasteiger charge is 2.31. The molecule has 4 aromatic carbocycles. The topological polar surface area (TPSA) is 53.4 Å². The molecule has 1 aromatic heterocycles. The quantitative estimate of drug-likeness (QED) is 0.247. The first kappa shape index (κ1) is 22.7. The average molecular weight is 534 g/mol. The van der Waals surface area contributed by atoms with E-state index in [4.69, 9.17) is 4.98 Å². The van der Waals surface area contributed by atoms with Crippen molar-refractivity contribution in [2.45, 2.75) is 12.3 Å². The van der Waals surface area contributed by atoms with Crippen molar-refractivity contribution >= 4 is 15.9 Å². The molecule has 0 bridgehead atoms. The molecule has 36 heavy (non-hydrogen) atoms. The lowest BCUT2D eigenvalue weighted by Crippen LogP contribution is -2.17. The van der Waals surface area contributed by atoms with Gasteiger partial charge in [-0.05, 0) is 75.7 Å². The van der Waals surface area contributed by atoms with E-state index in [-0.39, 0.29) is 18.3 Å². The summed E-state index contributed by atoms with van der Waals surface area (Å²) in [5, 5.41) is 21.6. The third-order valence-corrected chi connectivity index (χ3v) is 7.57. The molecule has 1 aliphatic carbocycles. The lowest BCUT2D eigenvalue weighted by Gasteiger charge is -2.31. The number of aromatic hydroxyl groups is 1. The normalized spacial score (nSPS) is 14.2. The first-order chi connectivity index (χ1) is 17.6. The summed E-state index contributed by atoms with van der Waals surface area (Å²) in [6.45, 7) is -0.00869. The van der Waals surface area contributed by atoms with Crippen LogP contribution < -0.4 is 0 Å². The SMILES string of the molecule is OCC1Cc2c(-c3cc(-c4ccccc4)ccn3)cccc2-c2c(O)ccc(-c3ccc(Br)cc3)c21. The Morgan fingerprint density at radius 1 is 0.750 bits per heavy atom. The molecular weight excluding hydrogens is 510 g/mol. The Hall–Kier alpha value is -3.73. The number of hydrogen-bond acceptors (Lipinski definition) is 3. The third kappa shape index (κ3) is 3.93. The highest BCUT2D eigenvalue weighted by molar-refractivity contribution is 9.10. The lowest BCUT2D eigenvalue weighted by molar-refractivity contribution is 0.264. The number of halogens is 1. The summed E-state index contributed by atoms with van der Waals surface area (Å²) in [7, 11) is 0. The smallest absolute Gasteiger partial charge is 0.123 e. The van der Waals surface area contributed by atoms with E-state index >= 15 is 0 Å². The van der Waals surface area contributed by atoms with E-state index in [2.05, 4.69) is 58.4 Å². The Labute approximate surface area is 218 Å². The highest BCUT2D eigenvalue weighted by atomic mass is 79.9. The van der Waals surface area contributed by atoms with Crippen LogP contribution >= 0.6 is 15.9 Å². The number of pyridine rings is 1. The molecule has 1 aliphatic rings. The first-order valence-electron chi connectivity index (χ1n) is 12.0. The molecule has 1 unspecified atom stereocenters. The van der Waals surface area contributed by atoms with Gasteiger partial charge in [-0.15, -0.1) is 0 Å². The zero-order chi connectivity index (χ0) is 24.6. The zero-order valence-electron chi connectivity index (χ0n) is 19.5. The zero-order valence-corrected chi connectivity index (χ0v) is 21.1. The minimum atomic E-state index is -0.142. The summed E-state index contributed by atoms with van der Waals surface area (Å²) in [5.74, 6) is 0.0881. The number of phenolic OH excluding ortho intramolecular Hbond substituents is 1. The van der Waals surface area contributed by atoms with E-state index in [1.807, 2.05) is 54.7 Å². The van der Waals surface area contributed by atoms with Gasteiger partial charge in [0.2, 0.25) is 0 Å². The van der Waals surface area contributed by atoms with Gasteiger partial charge in [-0.1, -0.05) is 82.7 Å². The second kappa shape index (κ2) is 9.38. The van der Waals surface area contributed by atoms with Crippen molar-refractivity contribution in [2.75, 3.05) is 6.61 Å². The molecule has 0 radical (unpaired) electrons. The van der Waals surface area contributed by atoms with Gasteiger partial charge in [0.15, 0.2) is 0 Å². The molecule has 5 aromatic rings. The molecule has 4 heteroatoms. The first-order valence-corrected chi connectivity index (χ1v) is 12.8. The molecule has 0 saturated heterocycles. The van der Waals surface area contributed by atoms with Gasteiger partial charge >= 0.3 is 0 Å². The van der Waals surface area contributed by atoms with E-state index in [1.54, 1.807) is 6.07 Å². The van der Waals surface area contributed by atoms with Crippen molar-refractivity contribution in [3.8, 4) is 50.4 Å². The summed E-state index contributed by atoms with van der Waals surface area (Å²) in [4.78, 5) is 4.72. The minimum Gasteiger partial charge on any atom is -0.507 e. The molecule has 0 fully saturated rings. The molecule has 1 heterocycles. The van der Waals surface area contributed by atoms with Crippen LogP contribution in [0.25, 0.3) is 44.6 Å². The Balaban J connectivity index is 1.54. The predicted octanol–water partition coefficient (Wildman–Crippen LogP) is 7.85. The van der Waals surface area contributed by atoms with Gasteiger partial charge in [-0.2, -0.15) is 0 Å². The van der Waals surface area contributed by atoms with Gasteiger partial charge in [0.05, 0.1) is 12.3 Å². The maximum Gasteiger partial charge on any atom is 0.123 e. The largest absolute Gasteiger partial charge is 0.507 e. The number of rotatable bonds is 4. The van der Waals surface area contributed by atoms with E-state index in [1.165, 1.54) is 0 Å². The lowest BCUT2D eigenvalue weighted by atomic mass is 9.74. The van der Waals surface area contributed by atoms with Crippen molar-refractivity contribution in [1.29, 1.82) is 0 Å². The van der Waals surface area contributed by atoms with E-state index < -0.39 is 0 Å². The van der Waals surface area contributed by atoms with E-state index in [9.17, 15) is 10.2 Å². The number of benzene rings is 4. The summed E-state index contributed by atoms with van der Waals surface area (Å²) in [6.07, 6.45) is 2.51. The maximum atomic E-state index is 11.1. The van der Waals surface area contributed by atoms with Gasteiger partial charge in [0, 0.05) is 27.7 Å². The maximum absolute atomic E-state index is 11.1. The molecule has 3 nitrogen and oxygen atoms in total. The number of aliphatic hydroxyl groups is 1. The van der Waals surface area contributed by atoms with Gasteiger partial charge in [0.25, 0.3) is 0 Å². The summed E-state index contributed by atoms with van der Waals surface area (Å²) in [6, 6.07) is 32.5. The Kier molecular flexibility index (Phi) is 5.92. The number of nitrogens with zero attached hydrogens (tertiary/aromatic N) is 1. The van der Waals surface area contributed by atoms with Crippen molar-refractivity contribution in [3.05, 3.63) is 119 Å². The molecule has 2 N–H and O–H groups in total. The summed E-state index contributed by atoms with van der Waals surface area (Å²) >= 11 is 3.52. The van der Waals surface area contributed by atoms with Crippen LogP contribution in [0.1, 0.15) is 17.0 Å². The predicted molar refractivity (Wildman–Crippen MR) is 149 cm³/mol. The molecule has 0 aliphatic heterocycles. The fourth-order valence-electron chi connectivity index (χ4n) is 5.37. The van der Waals surface area contributed by atoms with Gasteiger partial charge in [-0.25, -0.2) is 0 Å². The fraction of sp³-hybridized carbons (Fsp3) is 0.0938. The van der Waals surface area contributed by atoms with Crippen LogP contribution in [0.15, 0.2) is 108 Å². The third-order valence-electron chi connectivity index (χ3n) is 7.05. The minimum absolute atomic E-state index is 0.00869. The molecule has 0 saturated carbocycles. The van der Waals surface area contributed by atoms with Crippen LogP contribution in [0.3, 0.4) is 0 Å². The number of hydrogen-bond donors (Lipinski definition) is 2. The van der Waals surface area contributed by atoms with Crippen LogP contribution in [0.4, 0.5) is 0 Å². The summed E-state index contributed by atoms with van der Waals surface area (Å²) in [5.41, 5.74) is 10.2. The van der Waals surface area contributed by atoms with Gasteiger partial charge in [0.1, 0.15) is 5.75 Å². The second-order valence-corrected chi connectivity index (χ2v) is 10.1. The Morgan fingerprint density at radius 2 is 1.53 bits per heavy atom. The van der Waals surface area contributed by atoms with Gasteiger partial charge in [-0.3, -0.25) is 4.98 Å². The fourth-order valence-corrected chi connectivity index (χ4v) is 5.63. The molecule has 0 amide bonds. The van der Waals surface area contributed by atoms with Crippen molar-refractivity contribution in [2.24, 2.45) is 0 Å². The standard InChI is InChI=1S/C32H24BrNO2/c33-24-11-9-21(10-12-24)25-13-14-30(36)32-27-8-4-7-26(28(27)17-23(19-35)31(25)32)29-18-22(15-16-34-29)20-5-2-1-3-6-20/h1-16,18,23,35-36H,17,19H2. The van der Waals surface area contributed by atoms with Gasteiger partial charge < -0.3 is 10.2 Å².